The number of ether oxygens (including phenoxy) is 4. The van der Waals surface area contributed by atoms with Gasteiger partial charge in [0.15, 0.2) is 12.2 Å². The molecule has 0 aliphatic rings. The maximum atomic E-state index is 13.1. The number of hydrogen-bond acceptors (Lipinski definition) is 15. The second-order valence-corrected chi connectivity index (χ2v) is 32.0. The first-order valence-electron chi connectivity index (χ1n) is 40.5. The Balaban J connectivity index is 5.20. The molecule has 0 radical (unpaired) electrons. The predicted molar refractivity (Wildman–Crippen MR) is 395 cm³/mol. The molecule has 0 amide bonds. The van der Waals surface area contributed by atoms with Gasteiger partial charge < -0.3 is 33.8 Å². The van der Waals surface area contributed by atoms with Crippen LogP contribution in [0, 0.1) is 11.8 Å². The molecule has 0 saturated heterocycles. The van der Waals surface area contributed by atoms with E-state index < -0.39 is 97.5 Å². The van der Waals surface area contributed by atoms with Gasteiger partial charge in [0.25, 0.3) is 0 Å². The molecule has 0 aliphatic heterocycles. The minimum atomic E-state index is -4.96. The number of hydrogen-bond donors (Lipinski definition) is 3. The largest absolute Gasteiger partial charge is 0.472 e. The first-order valence-corrected chi connectivity index (χ1v) is 43.5. The lowest BCUT2D eigenvalue weighted by molar-refractivity contribution is -0.161. The van der Waals surface area contributed by atoms with Crippen LogP contribution in [0.15, 0.2) is 0 Å². The van der Waals surface area contributed by atoms with Gasteiger partial charge in [-0.2, -0.15) is 0 Å². The van der Waals surface area contributed by atoms with Gasteiger partial charge in [0, 0.05) is 25.7 Å². The van der Waals surface area contributed by atoms with Crippen molar-refractivity contribution in [3.8, 4) is 0 Å². The van der Waals surface area contributed by atoms with Crippen LogP contribution in [0.3, 0.4) is 0 Å². The van der Waals surface area contributed by atoms with Crippen LogP contribution in [0.5, 0.6) is 0 Å². The number of rotatable bonds is 77. The average molecular weight is 1420 g/mol. The molecular formula is C78H152O17P2. The second kappa shape index (κ2) is 69.8. The highest BCUT2D eigenvalue weighted by Gasteiger charge is 2.30. The van der Waals surface area contributed by atoms with Gasteiger partial charge in [0.2, 0.25) is 0 Å². The zero-order chi connectivity index (χ0) is 71.4. The molecule has 5 atom stereocenters. The summed E-state index contributed by atoms with van der Waals surface area (Å²) < 4.78 is 68.5. The second-order valence-electron chi connectivity index (χ2n) is 29.1. The normalized spacial score (nSPS) is 14.0. The number of phosphoric acid groups is 2. The molecule has 2 unspecified atom stereocenters. The summed E-state index contributed by atoms with van der Waals surface area (Å²) in [6.07, 6.45) is 58.4. The minimum absolute atomic E-state index is 0.106. The number of aliphatic hydroxyl groups excluding tert-OH is 1. The molecule has 0 aromatic heterocycles. The molecule has 17 nitrogen and oxygen atoms in total. The van der Waals surface area contributed by atoms with Crippen LogP contribution in [0.25, 0.3) is 0 Å². The third-order valence-corrected chi connectivity index (χ3v) is 20.1. The van der Waals surface area contributed by atoms with E-state index in [1.165, 1.54) is 225 Å². The summed E-state index contributed by atoms with van der Waals surface area (Å²) >= 11 is 0. The molecule has 576 valence electrons. The molecule has 0 heterocycles. The number of carbonyl (C=O) groups is 4. The van der Waals surface area contributed by atoms with Crippen molar-refractivity contribution in [1.82, 2.24) is 0 Å². The summed E-state index contributed by atoms with van der Waals surface area (Å²) in [7, 11) is -9.91. The number of carbonyl (C=O) groups excluding carboxylic acids is 4. The number of aliphatic hydroxyl groups is 1. The first kappa shape index (κ1) is 95.1. The van der Waals surface area contributed by atoms with Crippen LogP contribution in [0.1, 0.15) is 408 Å². The number of esters is 4. The van der Waals surface area contributed by atoms with Gasteiger partial charge in [0.05, 0.1) is 26.4 Å². The van der Waals surface area contributed by atoms with Crippen molar-refractivity contribution < 1.29 is 80.2 Å². The third-order valence-electron chi connectivity index (χ3n) is 18.2. The molecular weight excluding hydrogens is 1270 g/mol. The van der Waals surface area contributed by atoms with E-state index in [0.29, 0.717) is 25.7 Å². The zero-order valence-corrected chi connectivity index (χ0v) is 65.2. The Morgan fingerprint density at radius 3 is 0.701 bits per heavy atom. The Labute approximate surface area is 594 Å². The van der Waals surface area contributed by atoms with Crippen molar-refractivity contribution in [3.63, 3.8) is 0 Å². The number of phosphoric ester groups is 2. The Hall–Kier alpha value is -1.94. The molecule has 0 aromatic carbocycles. The van der Waals surface area contributed by atoms with E-state index in [1.54, 1.807) is 0 Å². The molecule has 0 fully saturated rings. The summed E-state index contributed by atoms with van der Waals surface area (Å²) in [4.78, 5) is 72.8. The first-order chi connectivity index (χ1) is 46.9. The highest BCUT2D eigenvalue weighted by atomic mass is 31.2. The topological polar surface area (TPSA) is 237 Å². The molecule has 19 heteroatoms. The van der Waals surface area contributed by atoms with Gasteiger partial charge in [-0.1, -0.05) is 356 Å². The van der Waals surface area contributed by atoms with E-state index in [0.717, 1.165) is 102 Å². The molecule has 0 aliphatic carbocycles. The van der Waals surface area contributed by atoms with E-state index >= 15 is 0 Å². The summed E-state index contributed by atoms with van der Waals surface area (Å²) in [6.45, 7) is 9.59. The monoisotopic (exact) mass is 1420 g/mol. The van der Waals surface area contributed by atoms with E-state index in [2.05, 4.69) is 41.5 Å². The standard InChI is InChI=1S/C78H152O17P2/c1-7-9-11-13-15-17-18-19-20-21-22-23-24-25-26-27-30-38-44-50-56-62-77(82)94-74(67-89-76(81)61-55-49-43-37-31-28-29-35-40-46-52-58-70(3)4)69-93-97(86,87)91-65-72(79)64-90-96(84,85)92-68-73(66-88-75(80)60-54-48-42-34-16-14-12-10-8-2)95-78(83)63-57-51-45-39-33-32-36-41-47-53-59-71(5)6/h70-74,79H,7-69H2,1-6H3,(H,84,85)(H,86,87)/t72-,73+,74+/m0/s1. The van der Waals surface area contributed by atoms with Gasteiger partial charge >= 0.3 is 39.5 Å². The summed E-state index contributed by atoms with van der Waals surface area (Å²) in [5.74, 6) is -0.592. The van der Waals surface area contributed by atoms with Crippen LogP contribution < -0.4 is 0 Å². The lowest BCUT2D eigenvalue weighted by Gasteiger charge is -2.21. The molecule has 0 rings (SSSR count). The Morgan fingerprint density at radius 2 is 0.474 bits per heavy atom. The molecule has 0 saturated carbocycles. The van der Waals surface area contributed by atoms with Gasteiger partial charge in [-0.15, -0.1) is 0 Å². The smallest absolute Gasteiger partial charge is 0.462 e. The van der Waals surface area contributed by atoms with Crippen molar-refractivity contribution in [1.29, 1.82) is 0 Å². The van der Waals surface area contributed by atoms with Gasteiger partial charge in [-0.3, -0.25) is 37.3 Å². The number of unbranched alkanes of at least 4 members (excludes halogenated alkanes) is 47. The van der Waals surface area contributed by atoms with Crippen molar-refractivity contribution in [2.24, 2.45) is 11.8 Å². The predicted octanol–water partition coefficient (Wildman–Crippen LogP) is 23.1. The lowest BCUT2D eigenvalue weighted by Crippen LogP contribution is -2.30. The molecule has 3 N–H and O–H groups in total. The van der Waals surface area contributed by atoms with Gasteiger partial charge in [0.1, 0.15) is 19.3 Å². The molecule has 97 heavy (non-hydrogen) atoms. The van der Waals surface area contributed by atoms with Crippen LogP contribution in [0.4, 0.5) is 0 Å². The molecule has 0 aromatic rings. The summed E-state index contributed by atoms with van der Waals surface area (Å²) in [5.41, 5.74) is 0. The van der Waals surface area contributed by atoms with E-state index in [4.69, 9.17) is 37.0 Å². The summed E-state index contributed by atoms with van der Waals surface area (Å²) in [6, 6.07) is 0. The van der Waals surface area contributed by atoms with E-state index in [1.807, 2.05) is 0 Å². The fraction of sp³-hybridized carbons (Fsp3) is 0.949. The van der Waals surface area contributed by atoms with Crippen molar-refractivity contribution in [2.45, 2.75) is 426 Å². The zero-order valence-electron chi connectivity index (χ0n) is 63.4. The van der Waals surface area contributed by atoms with Gasteiger partial charge in [-0.05, 0) is 37.5 Å². The van der Waals surface area contributed by atoms with E-state index in [-0.39, 0.29) is 25.7 Å². The Bertz CT molecular complexity index is 1870. The average Bonchev–Trinajstić information content (AvgIpc) is 1.42. The summed E-state index contributed by atoms with van der Waals surface area (Å²) in [5, 5.41) is 10.6. The maximum absolute atomic E-state index is 13.1. The van der Waals surface area contributed by atoms with Crippen molar-refractivity contribution >= 4 is 39.5 Å². The Kier molecular flexibility index (Phi) is 68.4. The maximum Gasteiger partial charge on any atom is 0.472 e. The Morgan fingerprint density at radius 1 is 0.278 bits per heavy atom. The highest BCUT2D eigenvalue weighted by molar-refractivity contribution is 7.47. The lowest BCUT2D eigenvalue weighted by atomic mass is 10.0. The van der Waals surface area contributed by atoms with Crippen LogP contribution in [-0.4, -0.2) is 96.7 Å². The minimum Gasteiger partial charge on any atom is -0.462 e. The van der Waals surface area contributed by atoms with E-state index in [9.17, 15) is 43.2 Å². The molecule has 0 bridgehead atoms. The molecule has 0 spiro atoms. The fourth-order valence-corrected chi connectivity index (χ4v) is 13.6. The highest BCUT2D eigenvalue weighted by Crippen LogP contribution is 2.45. The fourth-order valence-electron chi connectivity index (χ4n) is 12.0. The van der Waals surface area contributed by atoms with Crippen LogP contribution in [-0.2, 0) is 65.4 Å². The SMILES string of the molecule is CCCCCCCCCCCCCCCCCCCCCCCC(=O)O[C@H](COC(=O)CCCCCCCCCCCCCC(C)C)COP(=O)(O)OC[C@@H](O)COP(=O)(O)OC[C@@H](COC(=O)CCCCCCCCCCC)OC(=O)CCCCCCCCCCCCC(C)C. The van der Waals surface area contributed by atoms with Gasteiger partial charge in [-0.25, -0.2) is 9.13 Å². The third kappa shape index (κ3) is 72.2. The van der Waals surface area contributed by atoms with Crippen LogP contribution in [0.2, 0.25) is 0 Å². The quantitative estimate of drug-likeness (QED) is 0.0222. The van der Waals surface area contributed by atoms with Crippen LogP contribution >= 0.6 is 15.6 Å². The van der Waals surface area contributed by atoms with Crippen molar-refractivity contribution in [3.05, 3.63) is 0 Å². The van der Waals surface area contributed by atoms with Crippen molar-refractivity contribution in [2.75, 3.05) is 39.6 Å².